The van der Waals surface area contributed by atoms with Gasteiger partial charge in [0, 0.05) is 5.56 Å². The molecule has 0 aliphatic rings. The number of primary amides is 1. The largest absolute Gasteiger partial charge is 0.366 e. The van der Waals surface area contributed by atoms with Gasteiger partial charge in [0.2, 0.25) is 5.91 Å². The molecule has 100 valence electrons. The van der Waals surface area contributed by atoms with Crippen LogP contribution in [0.4, 0.5) is 0 Å². The van der Waals surface area contributed by atoms with E-state index in [1.165, 1.54) is 0 Å². The maximum Gasteiger partial charge on any atom is 0.327 e. The zero-order valence-corrected chi connectivity index (χ0v) is 10.1. The highest BCUT2D eigenvalue weighted by Gasteiger charge is 2.14. The fourth-order valence-electron chi connectivity index (χ4n) is 1.96. The summed E-state index contributed by atoms with van der Waals surface area (Å²) in [7, 11) is 0. The first kappa shape index (κ1) is 11.9. The number of fused-ring (bicyclic) bond motifs is 1. The molecule has 3 aromatic rings. The number of rotatable bonds is 2. The monoisotopic (exact) mass is 271 g/mol. The minimum atomic E-state index is -0.649. The van der Waals surface area contributed by atoms with Gasteiger partial charge in [0.25, 0.3) is 5.56 Å². The fourth-order valence-corrected chi connectivity index (χ4v) is 1.96. The van der Waals surface area contributed by atoms with Crippen molar-refractivity contribution in [3.8, 4) is 11.4 Å². The average Bonchev–Trinajstić information content (AvgIpc) is 2.82. The number of aromatic amines is 3. The Morgan fingerprint density at radius 3 is 2.60 bits per heavy atom. The molecule has 2 aromatic heterocycles. The van der Waals surface area contributed by atoms with Crippen molar-refractivity contribution in [3.05, 3.63) is 50.7 Å². The predicted molar refractivity (Wildman–Crippen MR) is 71.3 cm³/mol. The van der Waals surface area contributed by atoms with E-state index in [1.54, 1.807) is 24.3 Å². The van der Waals surface area contributed by atoms with Crippen molar-refractivity contribution in [1.82, 2.24) is 19.9 Å². The number of H-pyrrole nitrogens is 3. The van der Waals surface area contributed by atoms with E-state index in [9.17, 15) is 14.4 Å². The highest BCUT2D eigenvalue weighted by molar-refractivity contribution is 5.99. The molecule has 0 radical (unpaired) electrons. The Bertz CT molecular complexity index is 934. The molecule has 0 fully saturated rings. The van der Waals surface area contributed by atoms with Crippen molar-refractivity contribution in [1.29, 1.82) is 0 Å². The summed E-state index contributed by atoms with van der Waals surface area (Å²) in [6, 6.07) is 6.57. The van der Waals surface area contributed by atoms with Crippen molar-refractivity contribution >= 4 is 17.1 Å². The van der Waals surface area contributed by atoms with E-state index < -0.39 is 17.2 Å². The molecule has 5 N–H and O–H groups in total. The molecule has 0 saturated carbocycles. The summed E-state index contributed by atoms with van der Waals surface area (Å²) in [4.78, 5) is 45.6. The van der Waals surface area contributed by atoms with Gasteiger partial charge in [-0.2, -0.15) is 0 Å². The molecular formula is C12H9N5O3. The van der Waals surface area contributed by atoms with E-state index in [0.29, 0.717) is 5.56 Å². The Hall–Kier alpha value is -3.16. The number of amides is 1. The Balaban J connectivity index is 2.31. The SMILES string of the molecule is NC(=O)c1ccccc1-c1nc2[nH]c(=O)[nH]c(=O)c2[nH]1. The second-order valence-electron chi connectivity index (χ2n) is 4.13. The van der Waals surface area contributed by atoms with Crippen LogP contribution >= 0.6 is 0 Å². The summed E-state index contributed by atoms with van der Waals surface area (Å²) in [5, 5.41) is 0. The van der Waals surface area contributed by atoms with E-state index in [0.717, 1.165) is 0 Å². The van der Waals surface area contributed by atoms with Crippen molar-refractivity contribution in [2.24, 2.45) is 5.73 Å². The van der Waals surface area contributed by atoms with Crippen molar-refractivity contribution < 1.29 is 4.79 Å². The molecule has 2 heterocycles. The van der Waals surface area contributed by atoms with E-state index in [2.05, 4.69) is 19.9 Å². The van der Waals surface area contributed by atoms with Gasteiger partial charge in [0.15, 0.2) is 5.65 Å². The lowest BCUT2D eigenvalue weighted by molar-refractivity contribution is 0.100. The summed E-state index contributed by atoms with van der Waals surface area (Å²) in [6.45, 7) is 0. The lowest BCUT2D eigenvalue weighted by atomic mass is 10.1. The number of nitrogens with two attached hydrogens (primary N) is 1. The number of carbonyl (C=O) groups is 1. The molecule has 0 unspecified atom stereocenters. The van der Waals surface area contributed by atoms with Gasteiger partial charge in [-0.15, -0.1) is 0 Å². The lowest BCUT2D eigenvalue weighted by Crippen LogP contribution is -2.21. The number of benzene rings is 1. The molecule has 0 atom stereocenters. The van der Waals surface area contributed by atoms with Gasteiger partial charge in [0.1, 0.15) is 11.3 Å². The smallest absolute Gasteiger partial charge is 0.327 e. The zero-order chi connectivity index (χ0) is 14.3. The summed E-state index contributed by atoms with van der Waals surface area (Å²) in [5.74, 6) is -0.329. The number of imidazole rings is 1. The molecule has 3 rings (SSSR count). The number of aromatic nitrogens is 4. The zero-order valence-electron chi connectivity index (χ0n) is 10.1. The van der Waals surface area contributed by atoms with Gasteiger partial charge in [-0.1, -0.05) is 18.2 Å². The van der Waals surface area contributed by atoms with Crippen LogP contribution in [0.2, 0.25) is 0 Å². The van der Waals surface area contributed by atoms with Crippen LogP contribution in [-0.4, -0.2) is 25.8 Å². The molecule has 8 heteroatoms. The number of nitrogens with zero attached hydrogens (tertiary/aromatic N) is 1. The number of carbonyl (C=O) groups excluding carboxylic acids is 1. The Morgan fingerprint density at radius 2 is 1.85 bits per heavy atom. The molecule has 8 nitrogen and oxygen atoms in total. The first-order chi connectivity index (χ1) is 9.56. The molecule has 0 spiro atoms. The third kappa shape index (κ3) is 1.79. The maximum absolute atomic E-state index is 11.6. The molecule has 0 aliphatic carbocycles. The van der Waals surface area contributed by atoms with Crippen LogP contribution in [0.5, 0.6) is 0 Å². The minimum Gasteiger partial charge on any atom is -0.366 e. The molecular weight excluding hydrogens is 262 g/mol. The molecule has 1 amide bonds. The second kappa shape index (κ2) is 4.19. The summed E-state index contributed by atoms with van der Waals surface area (Å²) < 4.78 is 0. The van der Waals surface area contributed by atoms with Crippen LogP contribution in [0.15, 0.2) is 33.9 Å². The van der Waals surface area contributed by atoms with E-state index in [4.69, 9.17) is 5.73 Å². The Labute approximate surface area is 110 Å². The van der Waals surface area contributed by atoms with Crippen molar-refractivity contribution in [2.75, 3.05) is 0 Å². The number of nitrogens with one attached hydrogen (secondary N) is 3. The second-order valence-corrected chi connectivity index (χ2v) is 4.13. The Kier molecular flexibility index (Phi) is 2.50. The predicted octanol–water partition coefficient (Wildman–Crippen LogP) is -0.295. The minimum absolute atomic E-state index is 0.119. The summed E-state index contributed by atoms with van der Waals surface area (Å²) in [5.41, 5.74) is 5.03. The summed E-state index contributed by atoms with van der Waals surface area (Å²) >= 11 is 0. The third-order valence-electron chi connectivity index (χ3n) is 2.84. The normalized spacial score (nSPS) is 10.8. The molecule has 0 aliphatic heterocycles. The first-order valence-electron chi connectivity index (χ1n) is 5.68. The van der Waals surface area contributed by atoms with Crippen molar-refractivity contribution in [3.63, 3.8) is 0 Å². The van der Waals surface area contributed by atoms with Crippen LogP contribution in [0.25, 0.3) is 22.6 Å². The number of hydrogen-bond acceptors (Lipinski definition) is 4. The highest BCUT2D eigenvalue weighted by Crippen LogP contribution is 2.21. The topological polar surface area (TPSA) is 137 Å². The van der Waals surface area contributed by atoms with Crippen LogP contribution < -0.4 is 17.0 Å². The van der Waals surface area contributed by atoms with Gasteiger partial charge in [-0.3, -0.25) is 19.6 Å². The molecule has 0 bridgehead atoms. The number of hydrogen-bond donors (Lipinski definition) is 4. The molecule has 20 heavy (non-hydrogen) atoms. The average molecular weight is 271 g/mol. The van der Waals surface area contributed by atoms with Crippen LogP contribution in [0, 0.1) is 0 Å². The van der Waals surface area contributed by atoms with Crippen LogP contribution in [0.1, 0.15) is 10.4 Å². The van der Waals surface area contributed by atoms with E-state index in [-0.39, 0.29) is 22.6 Å². The first-order valence-corrected chi connectivity index (χ1v) is 5.68. The van der Waals surface area contributed by atoms with Gasteiger partial charge in [-0.05, 0) is 6.07 Å². The van der Waals surface area contributed by atoms with E-state index in [1.807, 2.05) is 0 Å². The van der Waals surface area contributed by atoms with Gasteiger partial charge in [-0.25, -0.2) is 9.78 Å². The van der Waals surface area contributed by atoms with Crippen LogP contribution in [-0.2, 0) is 0 Å². The van der Waals surface area contributed by atoms with Gasteiger partial charge >= 0.3 is 5.69 Å². The van der Waals surface area contributed by atoms with Crippen LogP contribution in [0.3, 0.4) is 0 Å². The van der Waals surface area contributed by atoms with Crippen molar-refractivity contribution in [2.45, 2.75) is 0 Å². The van der Waals surface area contributed by atoms with Gasteiger partial charge in [0.05, 0.1) is 5.56 Å². The molecule has 1 aromatic carbocycles. The van der Waals surface area contributed by atoms with Gasteiger partial charge < -0.3 is 10.7 Å². The Morgan fingerprint density at radius 1 is 1.10 bits per heavy atom. The fraction of sp³-hybridized carbons (Fsp3) is 0. The third-order valence-corrected chi connectivity index (χ3v) is 2.84. The summed E-state index contributed by atoms with van der Waals surface area (Å²) in [6.07, 6.45) is 0. The highest BCUT2D eigenvalue weighted by atomic mass is 16.2. The lowest BCUT2D eigenvalue weighted by Gasteiger charge is -2.02. The van der Waals surface area contributed by atoms with E-state index >= 15 is 0 Å². The standard InChI is InChI=1S/C12H9N5O3/c13-8(18)5-3-1-2-4-6(5)9-14-7-10(15-9)16-12(20)17-11(7)19/h1-4H,(H2,13,18)(H3,14,15,16,17,19,20). The quantitative estimate of drug-likeness (QED) is 0.508. The maximum atomic E-state index is 11.6. The molecule has 0 saturated heterocycles.